The minimum absolute atomic E-state index is 0.214. The van der Waals surface area contributed by atoms with Crippen LogP contribution in [0.15, 0.2) is 42.7 Å². The number of nitrogens with zero attached hydrogens (tertiary/aromatic N) is 1. The summed E-state index contributed by atoms with van der Waals surface area (Å²) in [5.41, 5.74) is 0.962. The lowest BCUT2D eigenvalue weighted by Crippen LogP contribution is -2.19. The number of aromatic nitrogens is 1. The van der Waals surface area contributed by atoms with E-state index < -0.39 is 0 Å². The van der Waals surface area contributed by atoms with E-state index in [2.05, 4.69) is 24.1 Å². The molecule has 0 radical (unpaired) electrons. The predicted octanol–water partition coefficient (Wildman–Crippen LogP) is 3.76. The Hall–Kier alpha value is -1.94. The highest BCUT2D eigenvalue weighted by Gasteiger charge is 2.08. The molecule has 0 bridgehead atoms. The Morgan fingerprint density at radius 1 is 1.20 bits per heavy atom. The fraction of sp³-hybridized carbons (Fsp3) is 0.312. The molecular formula is C16H19FN2O. The van der Waals surface area contributed by atoms with Gasteiger partial charge in [-0.1, -0.05) is 26.0 Å². The molecule has 0 fully saturated rings. The van der Waals surface area contributed by atoms with E-state index in [0.29, 0.717) is 18.2 Å². The minimum atomic E-state index is -0.377. The van der Waals surface area contributed by atoms with Crippen LogP contribution in [-0.4, -0.2) is 11.5 Å². The number of rotatable bonds is 6. The second kappa shape index (κ2) is 7.01. The van der Waals surface area contributed by atoms with Crippen LogP contribution < -0.4 is 10.1 Å². The molecule has 0 amide bonds. The van der Waals surface area contributed by atoms with Gasteiger partial charge in [0, 0.05) is 18.3 Å². The molecule has 2 rings (SSSR count). The minimum Gasteiger partial charge on any atom is -0.452 e. The van der Waals surface area contributed by atoms with E-state index in [0.717, 1.165) is 12.1 Å². The third kappa shape index (κ3) is 4.03. The molecule has 2 aromatic rings. The molecule has 0 atom stereocenters. The van der Waals surface area contributed by atoms with E-state index in [1.807, 2.05) is 6.07 Å². The third-order valence-corrected chi connectivity index (χ3v) is 2.79. The van der Waals surface area contributed by atoms with Gasteiger partial charge in [0.25, 0.3) is 0 Å². The van der Waals surface area contributed by atoms with Crippen molar-refractivity contribution in [1.82, 2.24) is 10.3 Å². The molecule has 1 N–H and O–H groups in total. The van der Waals surface area contributed by atoms with Gasteiger partial charge in [-0.25, -0.2) is 4.39 Å². The summed E-state index contributed by atoms with van der Waals surface area (Å²) in [5.74, 6) is 0.990. The summed E-state index contributed by atoms with van der Waals surface area (Å²) in [7, 11) is 0. The van der Waals surface area contributed by atoms with Crippen LogP contribution in [0.2, 0.25) is 0 Å². The summed E-state index contributed by atoms with van der Waals surface area (Å²) < 4.78 is 19.2. The number of benzene rings is 1. The van der Waals surface area contributed by atoms with Crippen LogP contribution in [0.25, 0.3) is 0 Å². The number of para-hydroxylation sites is 1. The highest BCUT2D eigenvalue weighted by molar-refractivity contribution is 5.36. The van der Waals surface area contributed by atoms with E-state index in [4.69, 9.17) is 4.74 Å². The van der Waals surface area contributed by atoms with Crippen molar-refractivity contribution >= 4 is 0 Å². The number of ether oxygens (including phenoxy) is 1. The molecule has 1 heterocycles. The second-order valence-corrected chi connectivity index (χ2v) is 5.04. The van der Waals surface area contributed by atoms with Crippen molar-refractivity contribution in [3.8, 4) is 11.5 Å². The van der Waals surface area contributed by atoms with Crippen LogP contribution in [0, 0.1) is 11.7 Å². The zero-order valence-corrected chi connectivity index (χ0v) is 11.8. The van der Waals surface area contributed by atoms with E-state index >= 15 is 0 Å². The largest absolute Gasteiger partial charge is 0.452 e. The smallest absolute Gasteiger partial charge is 0.165 e. The molecule has 0 spiro atoms. The van der Waals surface area contributed by atoms with Crippen LogP contribution in [0.3, 0.4) is 0 Å². The zero-order valence-electron chi connectivity index (χ0n) is 11.8. The molecule has 0 unspecified atom stereocenters. The predicted molar refractivity (Wildman–Crippen MR) is 77.3 cm³/mol. The first kappa shape index (κ1) is 14.5. The Morgan fingerprint density at radius 3 is 2.75 bits per heavy atom. The lowest BCUT2D eigenvalue weighted by molar-refractivity contribution is 0.432. The van der Waals surface area contributed by atoms with Gasteiger partial charge in [-0.2, -0.15) is 0 Å². The van der Waals surface area contributed by atoms with Gasteiger partial charge in [0.05, 0.1) is 6.20 Å². The number of halogens is 1. The topological polar surface area (TPSA) is 34.2 Å². The monoisotopic (exact) mass is 274 g/mol. The normalized spacial score (nSPS) is 10.8. The maximum Gasteiger partial charge on any atom is 0.165 e. The van der Waals surface area contributed by atoms with Gasteiger partial charge in [0.15, 0.2) is 11.6 Å². The lowest BCUT2D eigenvalue weighted by atomic mass is 10.2. The van der Waals surface area contributed by atoms with Crippen molar-refractivity contribution < 1.29 is 9.13 Å². The Kier molecular flexibility index (Phi) is 5.07. The molecule has 106 valence electrons. The standard InChI is InChI=1S/C16H19FN2O/c1-12(2)9-19-10-13-7-8-18-11-16(13)20-15-6-4-3-5-14(15)17/h3-8,11-12,19H,9-10H2,1-2H3. The molecule has 0 saturated heterocycles. The SMILES string of the molecule is CC(C)CNCc1ccncc1Oc1ccccc1F. The maximum atomic E-state index is 13.6. The number of hydrogen-bond acceptors (Lipinski definition) is 3. The van der Waals surface area contributed by atoms with Crippen molar-refractivity contribution in [2.45, 2.75) is 20.4 Å². The Morgan fingerprint density at radius 2 is 2.00 bits per heavy atom. The maximum absolute atomic E-state index is 13.6. The molecule has 1 aromatic heterocycles. The summed E-state index contributed by atoms with van der Waals surface area (Å²) in [6.07, 6.45) is 3.32. The highest BCUT2D eigenvalue weighted by Crippen LogP contribution is 2.26. The van der Waals surface area contributed by atoms with Crippen LogP contribution in [0.4, 0.5) is 4.39 Å². The first-order valence-corrected chi connectivity index (χ1v) is 6.73. The van der Waals surface area contributed by atoms with Gasteiger partial charge in [-0.3, -0.25) is 4.98 Å². The molecule has 1 aromatic carbocycles. The molecule has 0 saturated carbocycles. The first-order chi connectivity index (χ1) is 9.66. The first-order valence-electron chi connectivity index (χ1n) is 6.73. The van der Waals surface area contributed by atoms with E-state index in [1.165, 1.54) is 6.07 Å². The lowest BCUT2D eigenvalue weighted by Gasteiger charge is -2.12. The fourth-order valence-corrected chi connectivity index (χ4v) is 1.79. The average Bonchev–Trinajstić information content (AvgIpc) is 2.43. The molecule has 0 aliphatic rings. The van der Waals surface area contributed by atoms with E-state index in [-0.39, 0.29) is 11.6 Å². The van der Waals surface area contributed by atoms with Crippen molar-refractivity contribution in [1.29, 1.82) is 0 Å². The fourth-order valence-electron chi connectivity index (χ4n) is 1.79. The van der Waals surface area contributed by atoms with Crippen molar-refractivity contribution in [2.75, 3.05) is 6.54 Å². The van der Waals surface area contributed by atoms with Gasteiger partial charge in [-0.15, -0.1) is 0 Å². The molecule has 20 heavy (non-hydrogen) atoms. The Bertz CT molecular complexity index is 558. The Balaban J connectivity index is 2.10. The third-order valence-electron chi connectivity index (χ3n) is 2.79. The quantitative estimate of drug-likeness (QED) is 0.871. The molecule has 0 aliphatic heterocycles. The van der Waals surface area contributed by atoms with Crippen LogP contribution >= 0.6 is 0 Å². The summed E-state index contributed by atoms with van der Waals surface area (Å²) >= 11 is 0. The van der Waals surface area contributed by atoms with Crippen LogP contribution in [0.1, 0.15) is 19.4 Å². The molecule has 4 heteroatoms. The number of pyridine rings is 1. The molecule has 0 aliphatic carbocycles. The molecular weight excluding hydrogens is 255 g/mol. The summed E-state index contributed by atoms with van der Waals surface area (Å²) in [6, 6.07) is 8.24. The van der Waals surface area contributed by atoms with Gasteiger partial charge in [-0.05, 0) is 30.7 Å². The molecule has 3 nitrogen and oxygen atoms in total. The van der Waals surface area contributed by atoms with Gasteiger partial charge in [0.2, 0.25) is 0 Å². The number of nitrogens with one attached hydrogen (secondary N) is 1. The van der Waals surface area contributed by atoms with Gasteiger partial charge in [0.1, 0.15) is 5.75 Å². The van der Waals surface area contributed by atoms with Gasteiger partial charge >= 0.3 is 0 Å². The van der Waals surface area contributed by atoms with E-state index in [1.54, 1.807) is 30.6 Å². The summed E-state index contributed by atoms with van der Waals surface area (Å²) in [4.78, 5) is 4.04. The van der Waals surface area contributed by atoms with Crippen molar-refractivity contribution in [2.24, 2.45) is 5.92 Å². The highest BCUT2D eigenvalue weighted by atomic mass is 19.1. The number of hydrogen-bond donors (Lipinski definition) is 1. The second-order valence-electron chi connectivity index (χ2n) is 5.04. The van der Waals surface area contributed by atoms with Gasteiger partial charge < -0.3 is 10.1 Å². The van der Waals surface area contributed by atoms with Crippen molar-refractivity contribution in [3.63, 3.8) is 0 Å². The van der Waals surface area contributed by atoms with Crippen LogP contribution in [0.5, 0.6) is 11.5 Å². The summed E-state index contributed by atoms with van der Waals surface area (Å²) in [6.45, 7) is 5.89. The Labute approximate surface area is 118 Å². The average molecular weight is 274 g/mol. The zero-order chi connectivity index (χ0) is 14.4. The van der Waals surface area contributed by atoms with E-state index in [9.17, 15) is 4.39 Å². The van der Waals surface area contributed by atoms with Crippen LogP contribution in [-0.2, 0) is 6.54 Å². The summed E-state index contributed by atoms with van der Waals surface area (Å²) in [5, 5.41) is 3.34. The van der Waals surface area contributed by atoms with Crippen molar-refractivity contribution in [3.05, 3.63) is 54.1 Å².